The van der Waals surface area contributed by atoms with Crippen molar-refractivity contribution in [3.8, 4) is 17.0 Å². The molecule has 9 heteroatoms. The zero-order valence-electron chi connectivity index (χ0n) is 18.7. The number of carbonyl (C=O) groups excluding carboxylic acids is 1. The van der Waals surface area contributed by atoms with E-state index in [-0.39, 0.29) is 30.6 Å². The first-order valence-corrected chi connectivity index (χ1v) is 12.8. The van der Waals surface area contributed by atoms with E-state index >= 15 is 0 Å². The zero-order chi connectivity index (χ0) is 22.5. The van der Waals surface area contributed by atoms with Gasteiger partial charge in [-0.3, -0.25) is 9.69 Å². The first kappa shape index (κ1) is 23.6. The molecule has 0 bridgehead atoms. The topological polar surface area (TPSA) is 91.5 Å². The Kier molecular flexibility index (Phi) is 6.44. The van der Waals surface area contributed by atoms with Crippen molar-refractivity contribution < 1.29 is 17.4 Å². The fraction of sp³-hybridized carbons (Fsp3) is 0.375. The third-order valence-electron chi connectivity index (χ3n) is 6.28. The number of nitrogens with zero attached hydrogens (tertiary/aromatic N) is 1. The van der Waals surface area contributed by atoms with Crippen LogP contribution >= 0.6 is 12.4 Å². The van der Waals surface area contributed by atoms with E-state index in [0.29, 0.717) is 16.7 Å². The van der Waals surface area contributed by atoms with Crippen LogP contribution in [0.4, 0.5) is 0 Å². The van der Waals surface area contributed by atoms with Crippen molar-refractivity contribution in [2.24, 2.45) is 0 Å². The monoisotopic (exact) mass is 489 g/mol. The fourth-order valence-corrected chi connectivity index (χ4v) is 5.37. The number of rotatable bonds is 5. The van der Waals surface area contributed by atoms with E-state index in [0.717, 1.165) is 48.1 Å². The molecule has 2 aromatic carbocycles. The smallest absolute Gasteiger partial charge is 0.306 e. The van der Waals surface area contributed by atoms with Gasteiger partial charge in [0.15, 0.2) is 5.75 Å². The molecule has 2 N–H and O–H groups in total. The summed E-state index contributed by atoms with van der Waals surface area (Å²) in [5.41, 5.74) is 5.59. The van der Waals surface area contributed by atoms with Gasteiger partial charge in [-0.15, -0.1) is 12.4 Å². The number of amides is 1. The normalized spacial score (nSPS) is 16.4. The van der Waals surface area contributed by atoms with Crippen molar-refractivity contribution in [3.05, 3.63) is 52.6 Å². The van der Waals surface area contributed by atoms with E-state index < -0.39 is 10.1 Å². The highest BCUT2D eigenvalue weighted by atomic mass is 35.5. The summed E-state index contributed by atoms with van der Waals surface area (Å²) in [4.78, 5) is 18.6. The molecule has 1 fully saturated rings. The maximum absolute atomic E-state index is 12.6. The number of fused-ring (bicyclic) bond motifs is 2. The summed E-state index contributed by atoms with van der Waals surface area (Å²) < 4.78 is 28.7. The number of aromatic amines is 1. The number of halogens is 1. The van der Waals surface area contributed by atoms with Crippen molar-refractivity contribution in [2.75, 3.05) is 19.3 Å². The molecule has 0 atom stereocenters. The summed E-state index contributed by atoms with van der Waals surface area (Å²) in [7, 11) is -3.70. The fourth-order valence-electron chi connectivity index (χ4n) is 4.83. The number of hydrogen-bond acceptors (Lipinski definition) is 5. The van der Waals surface area contributed by atoms with E-state index in [1.807, 2.05) is 6.07 Å². The molecule has 5 rings (SSSR count). The molecule has 0 radical (unpaired) electrons. The Morgan fingerprint density at radius 3 is 2.58 bits per heavy atom. The van der Waals surface area contributed by atoms with Crippen LogP contribution in [0.3, 0.4) is 0 Å². The van der Waals surface area contributed by atoms with Gasteiger partial charge in [0.2, 0.25) is 0 Å². The minimum atomic E-state index is -3.70. The molecule has 33 heavy (non-hydrogen) atoms. The van der Waals surface area contributed by atoms with Gasteiger partial charge in [-0.2, -0.15) is 8.42 Å². The maximum Gasteiger partial charge on any atom is 0.306 e. The number of nitrogens with one attached hydrogen (secondary N) is 2. The van der Waals surface area contributed by atoms with Gasteiger partial charge in [0, 0.05) is 40.8 Å². The molecule has 2 aliphatic rings. The average molecular weight is 490 g/mol. The highest BCUT2D eigenvalue weighted by molar-refractivity contribution is 7.86. The lowest BCUT2D eigenvalue weighted by atomic mass is 9.96. The summed E-state index contributed by atoms with van der Waals surface area (Å²) in [5, 5.41) is 3.90. The molecular weight excluding hydrogens is 462 g/mol. The van der Waals surface area contributed by atoms with Crippen LogP contribution in [0.15, 0.2) is 30.3 Å². The summed E-state index contributed by atoms with van der Waals surface area (Å²) in [6.45, 7) is 5.29. The van der Waals surface area contributed by atoms with Crippen LogP contribution in [0.25, 0.3) is 22.2 Å². The van der Waals surface area contributed by atoms with Crippen LogP contribution in [-0.4, -0.2) is 43.6 Å². The molecule has 0 aliphatic carbocycles. The summed E-state index contributed by atoms with van der Waals surface area (Å²) in [6.07, 6.45) is 4.86. The number of aromatic nitrogens is 1. The van der Waals surface area contributed by atoms with E-state index in [9.17, 15) is 13.2 Å². The lowest BCUT2D eigenvalue weighted by Gasteiger charge is -2.26. The van der Waals surface area contributed by atoms with Crippen molar-refractivity contribution in [3.63, 3.8) is 0 Å². The third kappa shape index (κ3) is 4.74. The Labute approximate surface area is 200 Å². The van der Waals surface area contributed by atoms with Gasteiger partial charge in [0.05, 0.1) is 11.8 Å². The van der Waals surface area contributed by atoms with Gasteiger partial charge in [0.1, 0.15) is 0 Å². The molecule has 0 saturated carbocycles. The van der Waals surface area contributed by atoms with E-state index in [1.165, 1.54) is 24.8 Å². The number of benzene rings is 2. The van der Waals surface area contributed by atoms with E-state index in [1.54, 1.807) is 6.92 Å². The summed E-state index contributed by atoms with van der Waals surface area (Å²) >= 11 is 0. The molecule has 0 spiro atoms. The predicted molar refractivity (Wildman–Crippen MR) is 131 cm³/mol. The lowest BCUT2D eigenvalue weighted by molar-refractivity contribution is 0.0966. The first-order valence-electron chi connectivity index (χ1n) is 11.0. The van der Waals surface area contributed by atoms with Crippen LogP contribution in [0.5, 0.6) is 5.75 Å². The Bertz CT molecular complexity index is 1330. The van der Waals surface area contributed by atoms with Crippen LogP contribution < -0.4 is 9.50 Å². The van der Waals surface area contributed by atoms with Crippen molar-refractivity contribution in [2.45, 2.75) is 39.3 Å². The van der Waals surface area contributed by atoms with Gasteiger partial charge >= 0.3 is 10.1 Å². The Balaban J connectivity index is 0.00000259. The Morgan fingerprint density at radius 1 is 1.09 bits per heavy atom. The minimum Gasteiger partial charge on any atom is -0.382 e. The van der Waals surface area contributed by atoms with Crippen molar-refractivity contribution in [1.82, 2.24) is 15.2 Å². The molecule has 1 amide bonds. The van der Waals surface area contributed by atoms with Crippen LogP contribution in [0.1, 0.15) is 46.3 Å². The molecule has 3 aromatic rings. The standard InChI is InChI=1S/C24H27N3O4S.ClH/c1-15-10-18(22-19(13-25-24(22)28)23(15)31-32(2,29)30)21-12-17-11-16(6-7-20(17)26-21)14-27-8-4-3-5-9-27;/h6-7,10-12,26H,3-5,8-9,13-14H2,1-2H3,(H,25,28);1H. The zero-order valence-corrected chi connectivity index (χ0v) is 20.4. The molecular formula is C24H28ClN3O4S. The predicted octanol–water partition coefficient (Wildman–Crippen LogP) is 4.13. The molecule has 2 aliphatic heterocycles. The minimum absolute atomic E-state index is 0. The summed E-state index contributed by atoms with van der Waals surface area (Å²) in [6, 6.07) is 10.3. The quantitative estimate of drug-likeness (QED) is 0.526. The molecule has 176 valence electrons. The second-order valence-electron chi connectivity index (χ2n) is 8.84. The average Bonchev–Trinajstić information content (AvgIpc) is 3.33. The highest BCUT2D eigenvalue weighted by Gasteiger charge is 2.30. The maximum atomic E-state index is 12.6. The van der Waals surface area contributed by atoms with Gasteiger partial charge in [0.25, 0.3) is 5.91 Å². The molecule has 7 nitrogen and oxygen atoms in total. The molecule has 1 aromatic heterocycles. The van der Waals surface area contributed by atoms with Gasteiger partial charge < -0.3 is 14.5 Å². The highest BCUT2D eigenvalue weighted by Crippen LogP contribution is 2.39. The van der Waals surface area contributed by atoms with Crippen LogP contribution in [0, 0.1) is 6.92 Å². The van der Waals surface area contributed by atoms with Crippen molar-refractivity contribution in [1.29, 1.82) is 0 Å². The van der Waals surface area contributed by atoms with E-state index in [2.05, 4.69) is 39.5 Å². The second kappa shape index (κ2) is 9.00. The number of likely N-dealkylation sites (tertiary alicyclic amines) is 1. The van der Waals surface area contributed by atoms with Gasteiger partial charge in [-0.25, -0.2) is 0 Å². The second-order valence-corrected chi connectivity index (χ2v) is 10.4. The lowest BCUT2D eigenvalue weighted by Crippen LogP contribution is -2.28. The van der Waals surface area contributed by atoms with Crippen molar-refractivity contribution >= 4 is 39.3 Å². The largest absolute Gasteiger partial charge is 0.382 e. The molecule has 1 saturated heterocycles. The Hall–Kier alpha value is -2.55. The number of piperidine rings is 1. The summed E-state index contributed by atoms with van der Waals surface area (Å²) in [5.74, 6) is 0.0160. The number of carbonyl (C=O) groups is 1. The number of hydrogen-bond donors (Lipinski definition) is 2. The molecule has 3 heterocycles. The van der Waals surface area contributed by atoms with Crippen LogP contribution in [-0.2, 0) is 23.2 Å². The molecule has 0 unspecified atom stereocenters. The Morgan fingerprint density at radius 2 is 1.85 bits per heavy atom. The van der Waals surface area contributed by atoms with Gasteiger partial charge in [-0.05, 0) is 68.2 Å². The van der Waals surface area contributed by atoms with Crippen LogP contribution in [0.2, 0.25) is 0 Å². The SMILES string of the molecule is Cc1cc(-c2cc3cc(CN4CCCCC4)ccc3[nH]2)c2c(c1OS(C)(=O)=O)CNC2=O.Cl. The number of H-pyrrole nitrogens is 1. The number of aryl methyl sites for hydroxylation is 1. The van der Waals surface area contributed by atoms with Gasteiger partial charge in [-0.1, -0.05) is 12.5 Å². The van der Waals surface area contributed by atoms with E-state index in [4.69, 9.17) is 4.18 Å². The third-order valence-corrected chi connectivity index (χ3v) is 6.75. The first-order chi connectivity index (χ1) is 15.3.